The molecule has 7 nitrogen and oxygen atoms in total. The number of halogens is 1. The van der Waals surface area contributed by atoms with E-state index >= 15 is 0 Å². The van der Waals surface area contributed by atoms with Crippen LogP contribution in [0, 0.1) is 0 Å². The first-order valence-corrected chi connectivity index (χ1v) is 12.4. The minimum Gasteiger partial charge on any atom is -0.452 e. The highest BCUT2D eigenvalue weighted by Crippen LogP contribution is 2.24. The average Bonchev–Trinajstić information content (AvgIpc) is 2.77. The maximum Gasteiger partial charge on any atom is 0.338 e. The van der Waals surface area contributed by atoms with E-state index < -0.39 is 22.6 Å². The monoisotopic (exact) mass is 478 g/mol. The molecule has 1 aliphatic rings. The Morgan fingerprint density at radius 2 is 1.75 bits per heavy atom. The van der Waals surface area contributed by atoms with E-state index in [1.807, 2.05) is 19.9 Å². The molecule has 0 saturated carbocycles. The van der Waals surface area contributed by atoms with Crippen molar-refractivity contribution in [2.24, 2.45) is 0 Å². The van der Waals surface area contributed by atoms with E-state index in [1.54, 1.807) is 29.2 Å². The molecular weight excluding hydrogens is 452 g/mol. The van der Waals surface area contributed by atoms with E-state index in [9.17, 15) is 18.0 Å². The Balaban J connectivity index is 1.67. The maximum atomic E-state index is 12.7. The van der Waals surface area contributed by atoms with Gasteiger partial charge in [-0.25, -0.2) is 17.9 Å². The zero-order valence-electron chi connectivity index (χ0n) is 18.1. The minimum atomic E-state index is -3.97. The van der Waals surface area contributed by atoms with Crippen molar-refractivity contribution in [3.8, 4) is 0 Å². The summed E-state index contributed by atoms with van der Waals surface area (Å²) in [5, 5.41) is -0.0193. The molecule has 0 radical (unpaired) electrons. The Morgan fingerprint density at radius 3 is 2.41 bits per heavy atom. The number of rotatable bonds is 7. The summed E-state index contributed by atoms with van der Waals surface area (Å²) in [6.07, 6.45) is 2.89. The number of likely N-dealkylation sites (tertiary alicyclic amines) is 1. The second kappa shape index (κ2) is 10.5. The number of nitrogens with one attached hydrogen (secondary N) is 1. The number of ether oxygens (including phenoxy) is 1. The molecule has 2 aromatic rings. The summed E-state index contributed by atoms with van der Waals surface area (Å²) in [6.45, 7) is 3.64. The van der Waals surface area contributed by atoms with Crippen molar-refractivity contribution >= 4 is 33.5 Å². The van der Waals surface area contributed by atoms with E-state index in [-0.39, 0.29) is 40.0 Å². The molecular formula is C23H27ClN2O5S. The summed E-state index contributed by atoms with van der Waals surface area (Å²) < 4.78 is 33.1. The van der Waals surface area contributed by atoms with Gasteiger partial charge in [0.15, 0.2) is 6.61 Å². The van der Waals surface area contributed by atoms with Crippen LogP contribution >= 0.6 is 11.6 Å². The number of hydrogen-bond donors (Lipinski definition) is 1. The van der Waals surface area contributed by atoms with Crippen LogP contribution in [0.4, 0.5) is 0 Å². The van der Waals surface area contributed by atoms with Gasteiger partial charge in [0.25, 0.3) is 5.91 Å². The van der Waals surface area contributed by atoms with E-state index in [2.05, 4.69) is 4.72 Å². The van der Waals surface area contributed by atoms with Crippen LogP contribution < -0.4 is 4.72 Å². The highest BCUT2D eigenvalue weighted by atomic mass is 35.5. The molecule has 1 amide bonds. The Kier molecular flexibility index (Phi) is 7.92. The fraction of sp³-hybridized carbons (Fsp3) is 0.391. The Labute approximate surface area is 193 Å². The summed E-state index contributed by atoms with van der Waals surface area (Å²) in [4.78, 5) is 26.6. The lowest BCUT2D eigenvalue weighted by molar-refractivity contribution is -0.140. The number of nitrogens with zero attached hydrogens (tertiary/aromatic N) is 1. The second-order valence-corrected chi connectivity index (χ2v) is 10.1. The third-order valence-corrected chi connectivity index (χ3v) is 7.46. The maximum absolute atomic E-state index is 12.7. The van der Waals surface area contributed by atoms with Crippen molar-refractivity contribution in [2.45, 2.75) is 56.6 Å². The first-order valence-electron chi connectivity index (χ1n) is 10.5. The summed E-state index contributed by atoms with van der Waals surface area (Å²) in [7, 11) is -3.97. The third kappa shape index (κ3) is 5.88. The first kappa shape index (κ1) is 24.2. The van der Waals surface area contributed by atoms with E-state index in [4.69, 9.17) is 16.3 Å². The Morgan fingerprint density at radius 1 is 1.09 bits per heavy atom. The molecule has 3 rings (SSSR count). The lowest BCUT2D eigenvalue weighted by atomic mass is 9.97. The number of piperidine rings is 1. The van der Waals surface area contributed by atoms with E-state index in [0.29, 0.717) is 0 Å². The van der Waals surface area contributed by atoms with Crippen molar-refractivity contribution in [3.63, 3.8) is 0 Å². The van der Waals surface area contributed by atoms with Gasteiger partial charge in [-0.1, -0.05) is 41.9 Å². The van der Waals surface area contributed by atoms with Gasteiger partial charge in [0.05, 0.1) is 10.6 Å². The van der Waals surface area contributed by atoms with Gasteiger partial charge in [0, 0.05) is 18.6 Å². The largest absolute Gasteiger partial charge is 0.452 e. The summed E-state index contributed by atoms with van der Waals surface area (Å²) in [5.41, 5.74) is 0.782. The van der Waals surface area contributed by atoms with Gasteiger partial charge >= 0.3 is 5.97 Å². The number of carbonyl (C=O) groups is 2. The van der Waals surface area contributed by atoms with Crippen LogP contribution in [0.5, 0.6) is 0 Å². The molecule has 2 atom stereocenters. The molecule has 0 aromatic heterocycles. The van der Waals surface area contributed by atoms with Crippen LogP contribution in [0.3, 0.4) is 0 Å². The molecule has 1 heterocycles. The summed E-state index contributed by atoms with van der Waals surface area (Å²) in [6, 6.07) is 13.1. The zero-order valence-corrected chi connectivity index (χ0v) is 19.7. The topological polar surface area (TPSA) is 92.8 Å². The average molecular weight is 479 g/mol. The van der Waals surface area contributed by atoms with E-state index in [0.717, 1.165) is 30.9 Å². The summed E-state index contributed by atoms with van der Waals surface area (Å²) in [5.74, 6) is -1.05. The quantitative estimate of drug-likeness (QED) is 0.611. The van der Waals surface area contributed by atoms with Gasteiger partial charge in [0.2, 0.25) is 10.0 Å². The molecule has 0 aliphatic carbocycles. The van der Waals surface area contributed by atoms with Crippen LogP contribution in [0.1, 0.15) is 49.0 Å². The summed E-state index contributed by atoms with van der Waals surface area (Å²) >= 11 is 6.10. The lowest BCUT2D eigenvalue weighted by Gasteiger charge is -2.38. The van der Waals surface area contributed by atoms with Gasteiger partial charge in [-0.15, -0.1) is 0 Å². The van der Waals surface area contributed by atoms with Crippen molar-refractivity contribution in [1.82, 2.24) is 9.62 Å². The number of hydrogen-bond acceptors (Lipinski definition) is 5. The van der Waals surface area contributed by atoms with E-state index in [1.165, 1.54) is 12.1 Å². The Hall–Kier alpha value is -2.42. The zero-order chi connectivity index (χ0) is 23.3. The fourth-order valence-electron chi connectivity index (χ4n) is 3.89. The second-order valence-electron chi connectivity index (χ2n) is 7.96. The van der Waals surface area contributed by atoms with Crippen LogP contribution in [0.2, 0.25) is 5.02 Å². The van der Waals surface area contributed by atoms with Crippen molar-refractivity contribution in [2.75, 3.05) is 6.61 Å². The smallest absolute Gasteiger partial charge is 0.338 e. The number of amides is 1. The van der Waals surface area contributed by atoms with Crippen LogP contribution in [0.25, 0.3) is 0 Å². The normalized spacial score (nSPS) is 18.9. The molecule has 2 aromatic carbocycles. The number of benzene rings is 2. The van der Waals surface area contributed by atoms with Crippen molar-refractivity contribution in [3.05, 3.63) is 64.7 Å². The molecule has 32 heavy (non-hydrogen) atoms. The van der Waals surface area contributed by atoms with Crippen LogP contribution in [0.15, 0.2) is 53.4 Å². The molecule has 1 saturated heterocycles. The molecule has 0 bridgehead atoms. The highest BCUT2D eigenvalue weighted by Gasteiger charge is 2.29. The van der Waals surface area contributed by atoms with Crippen LogP contribution in [-0.4, -0.2) is 43.9 Å². The van der Waals surface area contributed by atoms with Crippen molar-refractivity contribution in [1.29, 1.82) is 0 Å². The third-order valence-electron chi connectivity index (χ3n) is 5.57. The van der Waals surface area contributed by atoms with Crippen LogP contribution in [-0.2, 0) is 26.1 Å². The fourth-order valence-corrected chi connectivity index (χ4v) is 5.43. The molecule has 1 aliphatic heterocycles. The van der Waals surface area contributed by atoms with Gasteiger partial charge in [-0.3, -0.25) is 4.79 Å². The van der Waals surface area contributed by atoms with Gasteiger partial charge in [0.1, 0.15) is 4.90 Å². The highest BCUT2D eigenvalue weighted by molar-refractivity contribution is 7.89. The molecule has 0 spiro atoms. The predicted molar refractivity (Wildman–Crippen MR) is 122 cm³/mol. The van der Waals surface area contributed by atoms with Crippen molar-refractivity contribution < 1.29 is 22.7 Å². The van der Waals surface area contributed by atoms with Gasteiger partial charge in [-0.2, -0.15) is 0 Å². The molecule has 2 unspecified atom stereocenters. The Bertz CT molecular complexity index is 1070. The number of sulfonamides is 1. The molecule has 1 fully saturated rings. The predicted octanol–water partition coefficient (Wildman–Crippen LogP) is 3.76. The standard InChI is InChI=1S/C23H27ClN2O5S/c1-16-7-6-8-17(2)26(16)22(27)15-31-23(28)19-11-12-20(24)21(13-19)32(29,30)25-14-18-9-4-3-5-10-18/h3-5,9-13,16-17,25H,6-8,14-15H2,1-2H3. The SMILES string of the molecule is CC1CCCC(C)N1C(=O)COC(=O)c1ccc(Cl)c(S(=O)(=O)NCc2ccccc2)c1. The minimum absolute atomic E-state index is 0.00188. The first-order chi connectivity index (χ1) is 15.2. The number of carbonyl (C=O) groups excluding carboxylic acids is 2. The molecule has 9 heteroatoms. The van der Waals surface area contributed by atoms with Gasteiger partial charge < -0.3 is 9.64 Å². The van der Waals surface area contributed by atoms with Gasteiger partial charge in [-0.05, 0) is 56.9 Å². The number of esters is 1. The lowest BCUT2D eigenvalue weighted by Crippen LogP contribution is -2.49. The molecule has 172 valence electrons. The molecule has 1 N–H and O–H groups in total.